The summed E-state index contributed by atoms with van der Waals surface area (Å²) in [5, 5.41) is 88.2. The number of carboxylic acids is 6. The molecule has 74 heavy (non-hydrogen) atoms. The first-order valence-corrected chi connectivity index (χ1v) is 20.9. The highest BCUT2D eigenvalue weighted by Gasteiger charge is 2.34. The molecule has 3 aliphatic rings. The van der Waals surface area contributed by atoms with Crippen molar-refractivity contribution in [2.75, 3.05) is 0 Å². The summed E-state index contributed by atoms with van der Waals surface area (Å²) >= 11 is 0. The van der Waals surface area contributed by atoms with Crippen LogP contribution >= 0.6 is 0 Å². The molecule has 0 fully saturated rings. The van der Waals surface area contributed by atoms with Crippen molar-refractivity contribution in [1.29, 1.82) is 0 Å². The molecule has 0 bridgehead atoms. The third-order valence-electron chi connectivity index (χ3n) is 9.36. The Hall–Kier alpha value is -8.88. The van der Waals surface area contributed by atoms with Gasteiger partial charge in [-0.2, -0.15) is 9.59 Å². The highest BCUT2D eigenvalue weighted by Crippen LogP contribution is 2.26. The molecule has 0 radical (unpaired) electrons. The molecule has 0 spiro atoms. The van der Waals surface area contributed by atoms with Crippen LogP contribution in [-0.4, -0.2) is 160 Å². The number of nitrogens with two attached hydrogens (primary N) is 3. The van der Waals surface area contributed by atoms with E-state index in [0.29, 0.717) is 6.42 Å². The molecule has 3 aliphatic carbocycles. The fourth-order valence-corrected chi connectivity index (χ4v) is 5.67. The Morgan fingerprint density at radius 2 is 1.07 bits per heavy atom. The number of carbonyl (C=O) groups is 8. The van der Waals surface area contributed by atoms with Crippen LogP contribution in [0, 0.1) is 0 Å². The maximum atomic E-state index is 10.6. The molecule has 0 saturated carbocycles. The van der Waals surface area contributed by atoms with Crippen molar-refractivity contribution in [2.24, 2.45) is 17.2 Å². The molecule has 0 amide bonds. The minimum absolute atomic E-state index is 0.0755. The summed E-state index contributed by atoms with van der Waals surface area (Å²) in [7, 11) is 0. The van der Waals surface area contributed by atoms with Gasteiger partial charge in [-0.25, -0.2) is 9.59 Å². The maximum absolute atomic E-state index is 10.6. The quantitative estimate of drug-likeness (QED) is 0.0360. The number of aliphatic hydroxyl groups excluding tert-OH is 3. The zero-order valence-electron chi connectivity index (χ0n) is 38.8. The second-order valence-corrected chi connectivity index (χ2v) is 15.1. The van der Waals surface area contributed by atoms with E-state index in [1.54, 1.807) is 12.1 Å². The number of aliphatic hydroxyl groups is 3. The van der Waals surface area contributed by atoms with Gasteiger partial charge < -0.3 is 82.5 Å². The normalized spacial score (nSPS) is 21.5. The van der Waals surface area contributed by atoms with Crippen molar-refractivity contribution < 1.29 is 113 Å². The molecule has 400 valence electrons. The Bertz CT molecular complexity index is 2400. The third-order valence-corrected chi connectivity index (χ3v) is 9.36. The van der Waals surface area contributed by atoms with Gasteiger partial charge in [-0.1, -0.05) is 72.8 Å². The van der Waals surface area contributed by atoms with Crippen LogP contribution in [0.4, 0.5) is 0 Å². The van der Waals surface area contributed by atoms with E-state index in [1.165, 1.54) is 72.9 Å². The number of hydrogen-bond acceptors (Lipinski definition) is 20. The Kier molecular flexibility index (Phi) is 29.6. The van der Waals surface area contributed by atoms with Gasteiger partial charge in [0.1, 0.15) is 36.1 Å². The summed E-state index contributed by atoms with van der Waals surface area (Å²) in [6, 6.07) is 12.8. The van der Waals surface area contributed by atoms with E-state index < -0.39 is 95.3 Å². The molecule has 16 N–H and O–H groups in total. The lowest BCUT2D eigenvalue weighted by molar-refractivity contribution is -0.192. The zero-order valence-corrected chi connectivity index (χ0v) is 38.8. The van der Waals surface area contributed by atoms with Crippen molar-refractivity contribution in [3.63, 3.8) is 0 Å². The molecule has 2 aromatic rings. The molecular weight excluding hydrogens is 987 g/mol. The highest BCUT2D eigenvalue weighted by molar-refractivity contribution is 5.90. The Balaban J connectivity index is 0.000000891. The summed E-state index contributed by atoms with van der Waals surface area (Å²) in [4.78, 5) is 99.8. The molecule has 26 heteroatoms. The fraction of sp³-hybridized carbons (Fsp3) is 0.271. The van der Waals surface area contributed by atoms with E-state index in [-0.39, 0.29) is 49.7 Å². The average Bonchev–Trinajstić information content (AvgIpc) is 3.33. The summed E-state index contributed by atoms with van der Waals surface area (Å²) in [6.45, 7) is 3.53. The van der Waals surface area contributed by atoms with Crippen LogP contribution in [0.3, 0.4) is 0 Å². The standard InChI is InChI=1S/C10H13NO5.C10H10O6.C9H11NO3.C9H11NO2.C9H10O5.CO2/c11-8(9(14)15)5-10(16-6-12)3-1-7(13)2-4-10;1-5(9(12)13)16-8-4-6(10(14)15)2-3-7(8)11;10-8(9(12)13)5-6-1-3-7(11)4-2-6;10-8(9(11)12)6-7-4-2-1-3-5-7;10-6-14-9(5-8(12)13)3-1-7(11)2-4-9;2-1-3/h1-4,6-8,13H,5,11H2,(H,14,15);2-4,7-8,11H,1H2,(H,12,13)(H,14,15);1-4,8,11H,5,10H2,(H,12,13);1-5,8H,6,10H2,(H,11,12);1-4,6-7,11H,5H2,(H,12,13);. The lowest BCUT2D eigenvalue weighted by Crippen LogP contribution is -2.41. The summed E-state index contributed by atoms with van der Waals surface area (Å²) < 4.78 is 14.3. The second kappa shape index (κ2) is 33.7. The molecule has 2 aromatic carbocycles. The number of aliphatic carboxylic acids is 6. The van der Waals surface area contributed by atoms with Crippen LogP contribution in [0.25, 0.3) is 0 Å². The molecule has 5 rings (SSSR count). The van der Waals surface area contributed by atoms with Gasteiger partial charge in [0.05, 0.1) is 24.2 Å². The first kappa shape index (κ1) is 65.1. The van der Waals surface area contributed by atoms with Gasteiger partial charge in [0, 0.05) is 6.42 Å². The number of phenols is 1. The molecule has 0 heterocycles. The lowest BCUT2D eigenvalue weighted by atomic mass is 9.90. The van der Waals surface area contributed by atoms with Gasteiger partial charge in [-0.3, -0.25) is 28.8 Å². The van der Waals surface area contributed by atoms with E-state index in [9.17, 15) is 48.6 Å². The number of benzene rings is 2. The predicted molar refractivity (Wildman–Crippen MR) is 252 cm³/mol. The van der Waals surface area contributed by atoms with Gasteiger partial charge >= 0.3 is 42.0 Å². The monoisotopic (exact) mass is 1040 g/mol. The number of carboxylic acid groups (broad SMARTS) is 6. The van der Waals surface area contributed by atoms with E-state index in [4.69, 9.17) is 77.1 Å². The first-order chi connectivity index (χ1) is 34.7. The molecular formula is C48H55N3O23. The van der Waals surface area contributed by atoms with Crippen molar-refractivity contribution in [1.82, 2.24) is 0 Å². The van der Waals surface area contributed by atoms with Crippen LogP contribution < -0.4 is 17.2 Å². The Labute approximate surface area is 420 Å². The highest BCUT2D eigenvalue weighted by atomic mass is 16.5. The third kappa shape index (κ3) is 26.4. The molecule has 26 nitrogen and oxygen atoms in total. The lowest BCUT2D eigenvalue weighted by Gasteiger charge is -2.29. The molecule has 0 aliphatic heterocycles. The fourth-order valence-electron chi connectivity index (χ4n) is 5.67. The number of hydrogen-bond donors (Lipinski definition) is 13. The van der Waals surface area contributed by atoms with Crippen molar-refractivity contribution >= 4 is 54.9 Å². The van der Waals surface area contributed by atoms with E-state index in [0.717, 1.165) is 17.2 Å². The van der Waals surface area contributed by atoms with Gasteiger partial charge in [0.15, 0.2) is 17.0 Å². The van der Waals surface area contributed by atoms with Crippen LogP contribution in [0.2, 0.25) is 0 Å². The Morgan fingerprint density at radius 3 is 1.46 bits per heavy atom. The van der Waals surface area contributed by atoms with Crippen LogP contribution in [0.1, 0.15) is 24.0 Å². The average molecular weight is 1040 g/mol. The number of rotatable bonds is 19. The van der Waals surface area contributed by atoms with Gasteiger partial charge in [0.2, 0.25) is 0 Å². The summed E-state index contributed by atoms with van der Waals surface area (Å²) in [5.74, 6) is -7.19. The number of aromatic hydroxyl groups is 1. The van der Waals surface area contributed by atoms with Crippen molar-refractivity contribution in [2.45, 2.75) is 79.4 Å². The van der Waals surface area contributed by atoms with Crippen molar-refractivity contribution in [3.8, 4) is 5.75 Å². The van der Waals surface area contributed by atoms with E-state index >= 15 is 0 Å². The van der Waals surface area contributed by atoms with Crippen LogP contribution in [-0.2, 0) is 75.0 Å². The summed E-state index contributed by atoms with van der Waals surface area (Å²) in [6.07, 6.45) is 11.5. The van der Waals surface area contributed by atoms with E-state index in [2.05, 4.69) is 11.3 Å². The minimum atomic E-state index is -1.37. The van der Waals surface area contributed by atoms with Crippen LogP contribution in [0.15, 0.2) is 139 Å². The van der Waals surface area contributed by atoms with Crippen LogP contribution in [0.5, 0.6) is 5.75 Å². The second-order valence-electron chi connectivity index (χ2n) is 15.1. The van der Waals surface area contributed by atoms with Gasteiger partial charge in [0.25, 0.3) is 12.9 Å². The largest absolute Gasteiger partial charge is 0.508 e. The smallest absolute Gasteiger partial charge is 0.373 e. The molecule has 0 aromatic heterocycles. The zero-order chi connectivity index (χ0) is 56.6. The SMILES string of the molecule is C=C(OC1C=C(C(=O)O)C=CC1O)C(=O)O.NC(CC1(OC=O)C=CC(O)C=C1)C(=O)O.NC(Cc1ccc(O)cc1)C(=O)O.NC(Cc1ccccc1)C(=O)O.O=C=O.O=COC1(CC(=O)O)C=CC(O)C=C1. The predicted octanol–water partition coefficient (Wildman–Crippen LogP) is -0.637. The number of phenolic OH excluding ortho intramolecular Hbond substituents is 1. The first-order valence-electron chi connectivity index (χ1n) is 20.9. The van der Waals surface area contributed by atoms with Crippen molar-refractivity contribution in [3.05, 3.63) is 150 Å². The number of carbonyl (C=O) groups excluding carboxylic acids is 4. The van der Waals surface area contributed by atoms with Gasteiger partial charge in [-0.15, -0.1) is 0 Å². The Morgan fingerprint density at radius 1 is 0.649 bits per heavy atom. The maximum Gasteiger partial charge on any atom is 0.373 e. The minimum Gasteiger partial charge on any atom is -0.508 e. The summed E-state index contributed by atoms with van der Waals surface area (Å²) in [5.41, 5.74) is 15.3. The van der Waals surface area contributed by atoms with Gasteiger partial charge in [-0.05, 0) is 79.1 Å². The number of ether oxygens (including phenoxy) is 3. The molecule has 5 unspecified atom stereocenters. The molecule has 5 atom stereocenters. The topological polar surface area (TPSA) is 479 Å². The van der Waals surface area contributed by atoms with E-state index in [1.807, 2.05) is 30.3 Å². The molecule has 0 saturated heterocycles.